The number of sulfonamides is 1. The molecule has 3 rings (SSSR count). The van der Waals surface area contributed by atoms with Gasteiger partial charge in [0.2, 0.25) is 10.0 Å². The molecule has 0 aliphatic rings. The minimum Gasteiger partial charge on any atom is -0.322 e. The standard InChI is InChI=1S/C19H19N3O3S2/c1-12-7-8-16(27(24,25)20-3)10-17(12)19(23)22-15-6-4-5-14(9-15)18-11-26-13(2)21-18/h4-11,20H,1-3H3,(H,22,23). The molecule has 0 saturated carbocycles. The number of anilines is 1. The number of carbonyl (C=O) groups is 1. The smallest absolute Gasteiger partial charge is 0.255 e. The Morgan fingerprint density at radius 1 is 1.11 bits per heavy atom. The van der Waals surface area contributed by atoms with Gasteiger partial charge in [-0.15, -0.1) is 11.3 Å². The fraction of sp³-hybridized carbons (Fsp3) is 0.158. The molecule has 1 heterocycles. The molecule has 0 radical (unpaired) electrons. The number of hydrogen-bond donors (Lipinski definition) is 2. The molecule has 27 heavy (non-hydrogen) atoms. The van der Waals surface area contributed by atoms with E-state index in [1.807, 2.05) is 30.5 Å². The van der Waals surface area contributed by atoms with Crippen molar-refractivity contribution in [3.8, 4) is 11.3 Å². The summed E-state index contributed by atoms with van der Waals surface area (Å²) in [7, 11) is -2.29. The number of nitrogens with one attached hydrogen (secondary N) is 2. The topological polar surface area (TPSA) is 88.2 Å². The largest absolute Gasteiger partial charge is 0.322 e. The molecule has 1 amide bonds. The van der Waals surface area contributed by atoms with Crippen molar-refractivity contribution in [2.75, 3.05) is 12.4 Å². The molecule has 0 aliphatic heterocycles. The van der Waals surface area contributed by atoms with Crippen LogP contribution in [0.25, 0.3) is 11.3 Å². The zero-order valence-electron chi connectivity index (χ0n) is 15.1. The summed E-state index contributed by atoms with van der Waals surface area (Å²) < 4.78 is 26.3. The van der Waals surface area contributed by atoms with E-state index in [2.05, 4.69) is 15.0 Å². The lowest BCUT2D eigenvalue weighted by Crippen LogP contribution is -2.20. The van der Waals surface area contributed by atoms with Crippen LogP contribution in [0.4, 0.5) is 5.69 Å². The Bertz CT molecular complexity index is 1100. The van der Waals surface area contributed by atoms with E-state index in [4.69, 9.17) is 0 Å². The summed E-state index contributed by atoms with van der Waals surface area (Å²) in [5.74, 6) is -0.368. The Hall–Kier alpha value is -2.55. The molecule has 0 saturated heterocycles. The fourth-order valence-electron chi connectivity index (χ4n) is 2.58. The van der Waals surface area contributed by atoms with Crippen LogP contribution < -0.4 is 10.0 Å². The number of aromatic nitrogens is 1. The van der Waals surface area contributed by atoms with E-state index < -0.39 is 10.0 Å². The SMILES string of the molecule is CNS(=O)(=O)c1ccc(C)c(C(=O)Nc2cccc(-c3csc(C)n3)c2)c1. The Morgan fingerprint density at radius 3 is 2.56 bits per heavy atom. The summed E-state index contributed by atoms with van der Waals surface area (Å²) in [6.07, 6.45) is 0. The van der Waals surface area contributed by atoms with E-state index in [1.54, 1.807) is 30.4 Å². The second kappa shape index (κ2) is 7.59. The maximum absolute atomic E-state index is 12.7. The maximum atomic E-state index is 12.7. The van der Waals surface area contributed by atoms with E-state index in [1.165, 1.54) is 19.2 Å². The molecule has 1 aromatic heterocycles. The van der Waals surface area contributed by atoms with Crippen molar-refractivity contribution >= 4 is 33.0 Å². The van der Waals surface area contributed by atoms with Crippen LogP contribution in [0.1, 0.15) is 20.9 Å². The second-order valence-corrected chi connectivity index (χ2v) is 8.92. The highest BCUT2D eigenvalue weighted by molar-refractivity contribution is 7.89. The number of aryl methyl sites for hydroxylation is 2. The van der Waals surface area contributed by atoms with Gasteiger partial charge in [0.25, 0.3) is 5.91 Å². The Labute approximate surface area is 162 Å². The molecule has 0 spiro atoms. The molecule has 2 N–H and O–H groups in total. The number of hydrogen-bond acceptors (Lipinski definition) is 5. The van der Waals surface area contributed by atoms with E-state index in [9.17, 15) is 13.2 Å². The first-order valence-electron chi connectivity index (χ1n) is 8.18. The fourth-order valence-corrected chi connectivity index (χ4v) is 3.96. The molecule has 2 aromatic carbocycles. The Balaban J connectivity index is 1.89. The summed E-state index contributed by atoms with van der Waals surface area (Å²) in [5, 5.41) is 5.77. The molecule has 8 heteroatoms. The van der Waals surface area contributed by atoms with Crippen LogP contribution in [-0.2, 0) is 10.0 Å². The Kier molecular flexibility index (Phi) is 5.41. The van der Waals surface area contributed by atoms with Crippen LogP contribution in [0.3, 0.4) is 0 Å². The normalized spacial score (nSPS) is 11.4. The lowest BCUT2D eigenvalue weighted by atomic mass is 10.1. The van der Waals surface area contributed by atoms with Crippen LogP contribution >= 0.6 is 11.3 Å². The zero-order valence-corrected chi connectivity index (χ0v) is 16.7. The molecular formula is C19H19N3O3S2. The van der Waals surface area contributed by atoms with E-state index in [-0.39, 0.29) is 10.8 Å². The van der Waals surface area contributed by atoms with Crippen LogP contribution in [0.2, 0.25) is 0 Å². The van der Waals surface area contributed by atoms with Gasteiger partial charge in [0.15, 0.2) is 0 Å². The number of thiazole rings is 1. The molecule has 0 fully saturated rings. The highest BCUT2D eigenvalue weighted by atomic mass is 32.2. The predicted octanol–water partition coefficient (Wildman–Crippen LogP) is 3.59. The monoisotopic (exact) mass is 401 g/mol. The number of carbonyl (C=O) groups excluding carboxylic acids is 1. The highest BCUT2D eigenvalue weighted by Crippen LogP contribution is 2.25. The first-order valence-corrected chi connectivity index (χ1v) is 10.5. The highest BCUT2D eigenvalue weighted by Gasteiger charge is 2.17. The van der Waals surface area contributed by atoms with Gasteiger partial charge in [0.1, 0.15) is 0 Å². The first-order chi connectivity index (χ1) is 12.8. The summed E-state index contributed by atoms with van der Waals surface area (Å²) in [5.41, 5.74) is 3.37. The number of rotatable bonds is 5. The quantitative estimate of drug-likeness (QED) is 0.684. The first kappa shape index (κ1) is 19.2. The van der Waals surface area contributed by atoms with Crippen molar-refractivity contribution in [2.24, 2.45) is 0 Å². The van der Waals surface area contributed by atoms with Crippen molar-refractivity contribution in [3.63, 3.8) is 0 Å². The van der Waals surface area contributed by atoms with Gasteiger partial charge in [-0.25, -0.2) is 18.1 Å². The lowest BCUT2D eigenvalue weighted by Gasteiger charge is -2.11. The zero-order chi connectivity index (χ0) is 19.6. The van der Waals surface area contributed by atoms with Gasteiger partial charge in [0, 0.05) is 22.2 Å². The minimum absolute atomic E-state index is 0.0486. The summed E-state index contributed by atoms with van der Waals surface area (Å²) >= 11 is 1.56. The van der Waals surface area contributed by atoms with Crippen molar-refractivity contribution in [1.29, 1.82) is 0 Å². The lowest BCUT2D eigenvalue weighted by molar-refractivity contribution is 0.102. The van der Waals surface area contributed by atoms with Gasteiger partial charge in [0.05, 0.1) is 15.6 Å². The van der Waals surface area contributed by atoms with Crippen molar-refractivity contribution < 1.29 is 13.2 Å². The second-order valence-electron chi connectivity index (χ2n) is 5.97. The van der Waals surface area contributed by atoms with Crippen LogP contribution in [0.5, 0.6) is 0 Å². The molecule has 0 aliphatic carbocycles. The van der Waals surface area contributed by atoms with Gasteiger partial charge in [-0.1, -0.05) is 18.2 Å². The molecule has 3 aromatic rings. The summed E-state index contributed by atoms with van der Waals surface area (Å²) in [6, 6.07) is 11.9. The van der Waals surface area contributed by atoms with Crippen LogP contribution in [0.15, 0.2) is 52.7 Å². The van der Waals surface area contributed by atoms with Gasteiger partial charge in [-0.2, -0.15) is 0 Å². The van der Waals surface area contributed by atoms with Crippen molar-refractivity contribution in [1.82, 2.24) is 9.71 Å². The summed E-state index contributed by atoms with van der Waals surface area (Å²) in [4.78, 5) is 17.2. The van der Waals surface area contributed by atoms with Crippen molar-refractivity contribution in [2.45, 2.75) is 18.7 Å². The van der Waals surface area contributed by atoms with Crippen LogP contribution in [0, 0.1) is 13.8 Å². The molecule has 0 bridgehead atoms. The molecule has 0 unspecified atom stereocenters. The Morgan fingerprint density at radius 2 is 1.89 bits per heavy atom. The van der Waals surface area contributed by atoms with Gasteiger partial charge < -0.3 is 5.32 Å². The third-order valence-electron chi connectivity index (χ3n) is 4.07. The van der Waals surface area contributed by atoms with E-state index in [0.29, 0.717) is 16.8 Å². The molecule has 0 atom stereocenters. The molecule has 140 valence electrons. The summed E-state index contributed by atoms with van der Waals surface area (Å²) in [6.45, 7) is 3.70. The van der Waals surface area contributed by atoms with E-state index in [0.717, 1.165) is 16.3 Å². The number of amides is 1. The average Bonchev–Trinajstić information content (AvgIpc) is 3.08. The van der Waals surface area contributed by atoms with Crippen LogP contribution in [-0.4, -0.2) is 26.4 Å². The van der Waals surface area contributed by atoms with Gasteiger partial charge >= 0.3 is 0 Å². The number of benzene rings is 2. The van der Waals surface area contributed by atoms with Gasteiger partial charge in [-0.3, -0.25) is 4.79 Å². The maximum Gasteiger partial charge on any atom is 0.255 e. The third kappa shape index (κ3) is 4.24. The predicted molar refractivity (Wildman–Crippen MR) is 108 cm³/mol. The van der Waals surface area contributed by atoms with E-state index >= 15 is 0 Å². The third-order valence-corrected chi connectivity index (χ3v) is 6.25. The molecular weight excluding hydrogens is 382 g/mol. The molecule has 6 nitrogen and oxygen atoms in total. The minimum atomic E-state index is -3.62. The van der Waals surface area contributed by atoms with Gasteiger partial charge in [-0.05, 0) is 50.7 Å². The average molecular weight is 402 g/mol. The number of nitrogens with zero attached hydrogens (tertiary/aromatic N) is 1. The van der Waals surface area contributed by atoms with Crippen molar-refractivity contribution in [3.05, 3.63) is 64.0 Å².